The maximum Gasteiger partial charge on any atom is 0.0809 e. The Bertz CT molecular complexity index is 555. The lowest BCUT2D eigenvalue weighted by Gasteiger charge is -2.32. The van der Waals surface area contributed by atoms with Crippen LogP contribution in [0, 0.1) is 23.7 Å². The summed E-state index contributed by atoms with van der Waals surface area (Å²) in [5, 5.41) is 20.1. The van der Waals surface area contributed by atoms with Crippen molar-refractivity contribution < 1.29 is 10.2 Å². The van der Waals surface area contributed by atoms with Crippen molar-refractivity contribution in [2.75, 3.05) is 0 Å². The molecule has 3 saturated carbocycles. The Balaban J connectivity index is 1.57. The molecule has 0 aromatic rings. The lowest BCUT2D eigenvalue weighted by molar-refractivity contribution is 0.123. The molecule has 3 aliphatic rings. The summed E-state index contributed by atoms with van der Waals surface area (Å²) < 4.78 is 0. The zero-order valence-corrected chi connectivity index (χ0v) is 17.5. The number of hydrogen-bond acceptors (Lipinski definition) is 2. The molecule has 0 heterocycles. The van der Waals surface area contributed by atoms with E-state index in [-0.39, 0.29) is 0 Å². The number of hydrogen-bond donors (Lipinski definition) is 2. The molecule has 0 radical (unpaired) electrons. The van der Waals surface area contributed by atoms with Crippen molar-refractivity contribution >= 4 is 0 Å². The minimum Gasteiger partial charge on any atom is -0.388 e. The van der Waals surface area contributed by atoms with Crippen LogP contribution in [-0.4, -0.2) is 22.4 Å². The molecule has 0 aromatic heterocycles. The van der Waals surface area contributed by atoms with Gasteiger partial charge in [0.1, 0.15) is 0 Å². The molecule has 2 nitrogen and oxygen atoms in total. The second-order valence-corrected chi connectivity index (χ2v) is 9.76. The molecule has 3 rings (SSSR count). The normalized spacial score (nSPS) is 35.7. The average molecular weight is 373 g/mol. The number of aliphatic hydroxyl groups excluding tert-OH is 2. The molecule has 0 aromatic carbocycles. The molecule has 0 saturated heterocycles. The first-order valence-electron chi connectivity index (χ1n) is 11.4. The Kier molecular flexibility index (Phi) is 7.39. The van der Waals surface area contributed by atoms with Gasteiger partial charge in [0.05, 0.1) is 12.2 Å². The van der Waals surface area contributed by atoms with Gasteiger partial charge in [-0.15, -0.1) is 0 Å². The van der Waals surface area contributed by atoms with Gasteiger partial charge in [0.15, 0.2) is 0 Å². The summed E-state index contributed by atoms with van der Waals surface area (Å²) in [6, 6.07) is 0. The van der Waals surface area contributed by atoms with Gasteiger partial charge >= 0.3 is 0 Å². The van der Waals surface area contributed by atoms with Gasteiger partial charge in [0.25, 0.3) is 0 Å². The van der Waals surface area contributed by atoms with Gasteiger partial charge in [-0.1, -0.05) is 69.4 Å². The highest BCUT2D eigenvalue weighted by Crippen LogP contribution is 2.50. The maximum atomic E-state index is 10.1. The molecule has 0 amide bonds. The summed E-state index contributed by atoms with van der Waals surface area (Å²) in [5.74, 6) is 3.48. The highest BCUT2D eigenvalue weighted by atomic mass is 16.3. The van der Waals surface area contributed by atoms with Crippen molar-refractivity contribution in [1.82, 2.24) is 0 Å². The average Bonchev–Trinajstić information content (AvgIpc) is 3.05. The van der Waals surface area contributed by atoms with Crippen molar-refractivity contribution in [3.05, 3.63) is 35.5 Å². The van der Waals surface area contributed by atoms with Crippen LogP contribution in [0.1, 0.15) is 84.5 Å². The second kappa shape index (κ2) is 9.56. The third-order valence-corrected chi connectivity index (χ3v) is 7.36. The van der Waals surface area contributed by atoms with Gasteiger partial charge in [-0.25, -0.2) is 0 Å². The lowest BCUT2D eigenvalue weighted by atomic mass is 9.73. The van der Waals surface area contributed by atoms with E-state index in [1.54, 1.807) is 5.57 Å². The van der Waals surface area contributed by atoms with Crippen molar-refractivity contribution in [3.8, 4) is 0 Å². The summed E-state index contributed by atoms with van der Waals surface area (Å²) >= 11 is 0. The number of unbranched alkanes of at least 4 members (excludes halogenated alkanes) is 1. The summed E-state index contributed by atoms with van der Waals surface area (Å²) in [6.07, 6.45) is 17.1. The van der Waals surface area contributed by atoms with E-state index in [9.17, 15) is 10.2 Å². The van der Waals surface area contributed by atoms with E-state index in [1.807, 2.05) is 0 Å². The van der Waals surface area contributed by atoms with E-state index in [1.165, 1.54) is 63.4 Å². The zero-order valence-electron chi connectivity index (χ0n) is 17.5. The molecule has 3 fully saturated rings. The van der Waals surface area contributed by atoms with E-state index >= 15 is 0 Å². The number of rotatable bonds is 6. The Labute approximate surface area is 166 Å². The minimum atomic E-state index is -0.584. The topological polar surface area (TPSA) is 40.5 Å². The van der Waals surface area contributed by atoms with E-state index in [0.29, 0.717) is 18.4 Å². The number of fused-ring (bicyclic) bond motifs is 1. The fraction of sp³-hybridized carbons (Fsp3) is 0.760. The summed E-state index contributed by atoms with van der Waals surface area (Å²) in [7, 11) is 0. The predicted molar refractivity (Wildman–Crippen MR) is 113 cm³/mol. The molecule has 152 valence electrons. The first-order chi connectivity index (χ1) is 13.0. The van der Waals surface area contributed by atoms with Gasteiger partial charge in [-0.3, -0.25) is 0 Å². The van der Waals surface area contributed by atoms with Crippen LogP contribution in [0.4, 0.5) is 0 Å². The molecule has 0 bridgehead atoms. The Morgan fingerprint density at radius 1 is 1.04 bits per heavy atom. The zero-order chi connectivity index (χ0) is 19.4. The molecular weight excluding hydrogens is 332 g/mol. The second-order valence-electron chi connectivity index (χ2n) is 9.76. The van der Waals surface area contributed by atoms with Gasteiger partial charge < -0.3 is 10.2 Å². The molecule has 2 N–H and O–H groups in total. The monoisotopic (exact) mass is 372 g/mol. The summed E-state index contributed by atoms with van der Waals surface area (Å²) in [6.45, 7) is 8.47. The number of allylic oxidation sites excluding steroid dienone is 3. The SMILES string of the molecule is C=C1[C@H](O)CC(=C/C=C2\CCC[C@@H]3[C@@H](CCCCC(C)C)CC[C@@H]23)C[C@H]1O. The number of aliphatic hydroxyl groups is 2. The standard InChI is InChI=1S/C25H40O2/c1-17(2)7-4-5-8-20-13-14-23-21(9-6-10-22(20)23)12-11-19-15-24(26)18(3)25(27)16-19/h11-12,17,20,22-27H,3-10,13-16H2,1-2H3/b21-12+/t20-,22+,23-,24+,25+/m0/s1. The van der Waals surface area contributed by atoms with Crippen molar-refractivity contribution in [1.29, 1.82) is 0 Å². The molecule has 0 spiro atoms. The molecule has 3 aliphatic carbocycles. The first kappa shape index (κ1) is 20.9. The van der Waals surface area contributed by atoms with Crippen LogP contribution >= 0.6 is 0 Å². The maximum absolute atomic E-state index is 10.1. The van der Waals surface area contributed by atoms with Crippen molar-refractivity contribution in [3.63, 3.8) is 0 Å². The van der Waals surface area contributed by atoms with Crippen LogP contribution < -0.4 is 0 Å². The first-order valence-corrected chi connectivity index (χ1v) is 11.4. The van der Waals surface area contributed by atoms with Crippen molar-refractivity contribution in [2.24, 2.45) is 23.7 Å². The van der Waals surface area contributed by atoms with Gasteiger partial charge in [-0.05, 0) is 74.2 Å². The summed E-state index contributed by atoms with van der Waals surface area (Å²) in [5.41, 5.74) is 3.38. The molecule has 0 unspecified atom stereocenters. The molecule has 0 aliphatic heterocycles. The van der Waals surface area contributed by atoms with Crippen LogP contribution in [0.25, 0.3) is 0 Å². The quantitative estimate of drug-likeness (QED) is 0.446. The predicted octanol–water partition coefficient (Wildman–Crippen LogP) is 5.95. The van der Waals surface area contributed by atoms with E-state index in [4.69, 9.17) is 0 Å². The fourth-order valence-electron chi connectivity index (χ4n) is 5.72. The van der Waals surface area contributed by atoms with Crippen LogP contribution in [-0.2, 0) is 0 Å². The highest BCUT2D eigenvalue weighted by Gasteiger charge is 2.39. The fourth-order valence-corrected chi connectivity index (χ4v) is 5.72. The molecule has 5 atom stereocenters. The Morgan fingerprint density at radius 3 is 2.48 bits per heavy atom. The lowest BCUT2D eigenvalue weighted by Crippen LogP contribution is -2.27. The van der Waals surface area contributed by atoms with Crippen LogP contribution in [0.3, 0.4) is 0 Å². The highest BCUT2D eigenvalue weighted by molar-refractivity contribution is 5.28. The summed E-state index contributed by atoms with van der Waals surface area (Å²) in [4.78, 5) is 0. The van der Waals surface area contributed by atoms with E-state index in [2.05, 4.69) is 32.6 Å². The Hall–Kier alpha value is -0.860. The van der Waals surface area contributed by atoms with Gasteiger partial charge in [0, 0.05) is 0 Å². The van der Waals surface area contributed by atoms with E-state index < -0.39 is 12.2 Å². The van der Waals surface area contributed by atoms with Crippen LogP contribution in [0.5, 0.6) is 0 Å². The van der Waals surface area contributed by atoms with Crippen LogP contribution in [0.15, 0.2) is 35.5 Å². The molecule has 27 heavy (non-hydrogen) atoms. The van der Waals surface area contributed by atoms with Gasteiger partial charge in [0.2, 0.25) is 0 Å². The van der Waals surface area contributed by atoms with Crippen molar-refractivity contribution in [2.45, 2.75) is 96.7 Å². The molecule has 2 heteroatoms. The smallest absolute Gasteiger partial charge is 0.0809 e. The largest absolute Gasteiger partial charge is 0.388 e. The Morgan fingerprint density at radius 2 is 1.78 bits per heavy atom. The van der Waals surface area contributed by atoms with Gasteiger partial charge in [-0.2, -0.15) is 0 Å². The van der Waals surface area contributed by atoms with E-state index in [0.717, 1.165) is 23.7 Å². The minimum absolute atomic E-state index is 0.577. The van der Waals surface area contributed by atoms with Crippen LogP contribution in [0.2, 0.25) is 0 Å². The third-order valence-electron chi connectivity index (χ3n) is 7.36. The molecular formula is C25H40O2. The third kappa shape index (κ3) is 5.35.